The number of nitrogens with zero attached hydrogens (tertiary/aromatic N) is 2. The standard InChI is InChI=1S/C23H28BN5O3/c1-6-25-21(30)29-19-12-16(20-27-14-18(28-20)15-10-8-7-9-11-15)17(13-26-19)24-31-22(2,3)23(4,5)32-24/h7-14H,6H2,1-5H3,(H,27,28)(H2,25,26,29,30). The van der Waals surface area contributed by atoms with Gasteiger partial charge in [0, 0.05) is 23.8 Å². The monoisotopic (exact) mass is 433 g/mol. The van der Waals surface area contributed by atoms with Crippen LogP contribution < -0.4 is 16.1 Å². The smallest absolute Gasteiger partial charge is 0.399 e. The van der Waals surface area contributed by atoms with E-state index < -0.39 is 18.3 Å². The topological polar surface area (TPSA) is 101 Å². The minimum atomic E-state index is -0.619. The highest BCUT2D eigenvalue weighted by molar-refractivity contribution is 6.63. The van der Waals surface area contributed by atoms with Crippen molar-refractivity contribution in [2.24, 2.45) is 0 Å². The number of hydrogen-bond acceptors (Lipinski definition) is 5. The maximum Gasteiger partial charge on any atom is 0.497 e. The van der Waals surface area contributed by atoms with E-state index in [2.05, 4.69) is 25.6 Å². The van der Waals surface area contributed by atoms with Crippen LogP contribution in [-0.2, 0) is 9.31 Å². The Morgan fingerprint density at radius 3 is 2.41 bits per heavy atom. The van der Waals surface area contributed by atoms with Crippen LogP contribution >= 0.6 is 0 Å². The first kappa shape index (κ1) is 22.0. The van der Waals surface area contributed by atoms with Gasteiger partial charge in [-0.2, -0.15) is 0 Å². The van der Waals surface area contributed by atoms with Crippen molar-refractivity contribution in [2.45, 2.75) is 45.8 Å². The number of carbonyl (C=O) groups excluding carboxylic acids is 1. The third-order valence-electron chi connectivity index (χ3n) is 5.94. The van der Waals surface area contributed by atoms with Gasteiger partial charge in [-0.25, -0.2) is 14.8 Å². The lowest BCUT2D eigenvalue weighted by Crippen LogP contribution is -2.41. The number of amides is 2. The molecule has 0 saturated carbocycles. The number of anilines is 1. The highest BCUT2D eigenvalue weighted by Gasteiger charge is 2.52. The first-order valence-electron chi connectivity index (χ1n) is 10.7. The number of imidazole rings is 1. The maximum atomic E-state index is 12.0. The summed E-state index contributed by atoms with van der Waals surface area (Å²) in [4.78, 5) is 24.4. The second kappa shape index (κ2) is 8.40. The van der Waals surface area contributed by atoms with Crippen LogP contribution in [0.25, 0.3) is 22.6 Å². The van der Waals surface area contributed by atoms with Crippen molar-refractivity contribution < 1.29 is 14.1 Å². The molecule has 1 aliphatic rings. The number of nitrogens with one attached hydrogen (secondary N) is 3. The van der Waals surface area contributed by atoms with Crippen LogP contribution in [-0.4, -0.2) is 45.8 Å². The number of aromatic amines is 1. The van der Waals surface area contributed by atoms with Gasteiger partial charge in [-0.15, -0.1) is 0 Å². The number of urea groups is 1. The molecule has 3 N–H and O–H groups in total. The molecule has 0 atom stereocenters. The number of carbonyl (C=O) groups is 1. The molecule has 0 aliphatic carbocycles. The van der Waals surface area contributed by atoms with Gasteiger partial charge in [-0.05, 0) is 46.2 Å². The highest BCUT2D eigenvalue weighted by Crippen LogP contribution is 2.37. The molecule has 2 aromatic heterocycles. The molecule has 1 aliphatic heterocycles. The number of benzene rings is 1. The molecule has 166 valence electrons. The largest absolute Gasteiger partial charge is 0.497 e. The Morgan fingerprint density at radius 2 is 1.75 bits per heavy atom. The van der Waals surface area contributed by atoms with Crippen LogP contribution in [0.1, 0.15) is 34.6 Å². The van der Waals surface area contributed by atoms with E-state index in [-0.39, 0.29) is 6.03 Å². The fourth-order valence-corrected chi connectivity index (χ4v) is 3.44. The minimum Gasteiger partial charge on any atom is -0.399 e. The average Bonchev–Trinajstić information content (AvgIpc) is 3.31. The summed E-state index contributed by atoms with van der Waals surface area (Å²) in [5.74, 6) is 1.04. The van der Waals surface area contributed by atoms with Crippen molar-refractivity contribution in [1.29, 1.82) is 0 Å². The number of rotatable bonds is 5. The summed E-state index contributed by atoms with van der Waals surface area (Å²) >= 11 is 0. The van der Waals surface area contributed by atoms with Crippen molar-refractivity contribution >= 4 is 24.4 Å². The zero-order valence-corrected chi connectivity index (χ0v) is 19.0. The zero-order chi connectivity index (χ0) is 22.9. The maximum absolute atomic E-state index is 12.0. The van der Waals surface area contributed by atoms with Gasteiger partial charge in [0.1, 0.15) is 11.6 Å². The summed E-state index contributed by atoms with van der Waals surface area (Å²) in [7, 11) is -0.619. The normalized spacial score (nSPS) is 16.7. The quantitative estimate of drug-likeness (QED) is 0.534. The minimum absolute atomic E-state index is 0.321. The molecule has 9 heteroatoms. The van der Waals surface area contributed by atoms with E-state index in [9.17, 15) is 4.79 Å². The molecule has 32 heavy (non-hydrogen) atoms. The van der Waals surface area contributed by atoms with Gasteiger partial charge in [-0.3, -0.25) is 5.32 Å². The van der Waals surface area contributed by atoms with Crippen molar-refractivity contribution in [3.63, 3.8) is 0 Å². The number of pyridine rings is 1. The first-order valence-corrected chi connectivity index (χ1v) is 10.7. The molecule has 0 bridgehead atoms. The Morgan fingerprint density at radius 1 is 1.06 bits per heavy atom. The van der Waals surface area contributed by atoms with E-state index in [0.29, 0.717) is 18.2 Å². The van der Waals surface area contributed by atoms with E-state index in [0.717, 1.165) is 22.3 Å². The Labute approximate surface area is 188 Å². The molecule has 2 amide bonds. The Hall–Kier alpha value is -3.17. The molecular weight excluding hydrogens is 405 g/mol. The van der Waals surface area contributed by atoms with Crippen LogP contribution in [0.3, 0.4) is 0 Å². The van der Waals surface area contributed by atoms with E-state index >= 15 is 0 Å². The Balaban J connectivity index is 1.74. The summed E-state index contributed by atoms with van der Waals surface area (Å²) < 4.78 is 12.5. The first-order chi connectivity index (χ1) is 15.2. The molecule has 1 saturated heterocycles. The third kappa shape index (κ3) is 4.26. The van der Waals surface area contributed by atoms with Gasteiger partial charge >= 0.3 is 13.1 Å². The fourth-order valence-electron chi connectivity index (χ4n) is 3.44. The highest BCUT2D eigenvalue weighted by atomic mass is 16.7. The van der Waals surface area contributed by atoms with Crippen molar-refractivity contribution in [3.05, 3.63) is 48.8 Å². The second-order valence-electron chi connectivity index (χ2n) is 8.74. The van der Waals surface area contributed by atoms with Gasteiger partial charge in [0.2, 0.25) is 0 Å². The average molecular weight is 433 g/mol. The van der Waals surface area contributed by atoms with Crippen LogP contribution in [0.15, 0.2) is 48.8 Å². The lowest BCUT2D eigenvalue weighted by molar-refractivity contribution is 0.00578. The lowest BCUT2D eigenvalue weighted by Gasteiger charge is -2.32. The molecule has 0 unspecified atom stereocenters. The van der Waals surface area contributed by atoms with Crippen LogP contribution in [0.5, 0.6) is 0 Å². The Bertz CT molecular complexity index is 1100. The van der Waals surface area contributed by atoms with Crippen molar-refractivity contribution in [3.8, 4) is 22.6 Å². The molecule has 0 spiro atoms. The molecule has 1 fully saturated rings. The van der Waals surface area contributed by atoms with Gasteiger partial charge < -0.3 is 19.6 Å². The Kier molecular flexibility index (Phi) is 5.79. The fraction of sp³-hybridized carbons (Fsp3) is 0.348. The van der Waals surface area contributed by atoms with Gasteiger partial charge in [-0.1, -0.05) is 30.3 Å². The zero-order valence-electron chi connectivity index (χ0n) is 19.0. The SMILES string of the molecule is CCNC(=O)Nc1cc(-c2ncc(-c3ccccc3)[nH]2)c(B2OC(C)(C)C(C)(C)O2)cn1. The summed E-state index contributed by atoms with van der Waals surface area (Å²) in [5, 5.41) is 5.46. The summed E-state index contributed by atoms with van der Waals surface area (Å²) in [6, 6.07) is 11.4. The predicted octanol–water partition coefficient (Wildman–Crippen LogP) is 3.58. The van der Waals surface area contributed by atoms with Gasteiger partial charge in [0.15, 0.2) is 0 Å². The van der Waals surface area contributed by atoms with E-state index in [1.807, 2.05) is 65.0 Å². The predicted molar refractivity (Wildman–Crippen MR) is 126 cm³/mol. The molecular formula is C23H28BN5O3. The van der Waals surface area contributed by atoms with Crippen molar-refractivity contribution in [2.75, 3.05) is 11.9 Å². The number of H-pyrrole nitrogens is 1. The third-order valence-corrected chi connectivity index (χ3v) is 5.94. The molecule has 3 aromatic rings. The molecule has 4 rings (SSSR count). The van der Waals surface area contributed by atoms with Gasteiger partial charge in [0.05, 0.1) is 23.1 Å². The van der Waals surface area contributed by atoms with E-state index in [1.165, 1.54) is 0 Å². The van der Waals surface area contributed by atoms with E-state index in [4.69, 9.17) is 9.31 Å². The van der Waals surface area contributed by atoms with E-state index in [1.54, 1.807) is 18.5 Å². The van der Waals surface area contributed by atoms with Crippen LogP contribution in [0, 0.1) is 0 Å². The number of aromatic nitrogens is 3. The molecule has 0 radical (unpaired) electrons. The van der Waals surface area contributed by atoms with Crippen LogP contribution in [0.2, 0.25) is 0 Å². The summed E-state index contributed by atoms with van der Waals surface area (Å²) in [6.45, 7) is 10.4. The molecule has 8 nitrogen and oxygen atoms in total. The molecule has 1 aromatic carbocycles. The van der Waals surface area contributed by atoms with Crippen LogP contribution in [0.4, 0.5) is 10.6 Å². The number of hydrogen-bond donors (Lipinski definition) is 3. The molecule has 3 heterocycles. The van der Waals surface area contributed by atoms with Crippen molar-refractivity contribution in [1.82, 2.24) is 20.3 Å². The summed E-state index contributed by atoms with van der Waals surface area (Å²) in [6.07, 6.45) is 3.46. The lowest BCUT2D eigenvalue weighted by atomic mass is 9.77. The van der Waals surface area contributed by atoms with Gasteiger partial charge in [0.25, 0.3) is 0 Å². The second-order valence-corrected chi connectivity index (χ2v) is 8.74. The summed E-state index contributed by atoms with van der Waals surface area (Å²) in [5.41, 5.74) is 2.40.